The molecule has 0 aliphatic heterocycles. The fourth-order valence-corrected chi connectivity index (χ4v) is 5.05. The van der Waals surface area contributed by atoms with Crippen molar-refractivity contribution in [2.45, 2.75) is 17.6 Å². The number of nitrogens with zero attached hydrogens (tertiary/aromatic N) is 4. The predicted molar refractivity (Wildman–Crippen MR) is 105 cm³/mol. The van der Waals surface area contributed by atoms with Gasteiger partial charge in [0.25, 0.3) is 0 Å². The average Bonchev–Trinajstić information content (AvgIpc) is 3.13. The van der Waals surface area contributed by atoms with Crippen LogP contribution in [0, 0.1) is 0 Å². The molecule has 0 aliphatic rings. The SMILES string of the molecule is CCC[S+]([O-])c1cc2c(-c3ccccn3)nc(-c3ccccn3)nc2s1. The molecule has 0 N–H and O–H groups in total. The lowest BCUT2D eigenvalue weighted by atomic mass is 10.2. The molecule has 0 saturated heterocycles. The minimum absolute atomic E-state index is 0.549. The Kier molecular flexibility index (Phi) is 4.92. The van der Waals surface area contributed by atoms with Gasteiger partial charge in [0.1, 0.15) is 22.0 Å². The van der Waals surface area contributed by atoms with E-state index in [0.717, 1.165) is 32.2 Å². The van der Waals surface area contributed by atoms with E-state index in [9.17, 15) is 4.55 Å². The first-order valence-corrected chi connectivity index (χ1v) is 10.4. The van der Waals surface area contributed by atoms with Gasteiger partial charge in [-0.3, -0.25) is 9.97 Å². The Morgan fingerprint density at radius 3 is 2.38 bits per heavy atom. The summed E-state index contributed by atoms with van der Waals surface area (Å²) in [6, 6.07) is 13.3. The van der Waals surface area contributed by atoms with Crippen LogP contribution in [0.1, 0.15) is 13.3 Å². The number of hydrogen-bond acceptors (Lipinski definition) is 6. The van der Waals surface area contributed by atoms with Crippen LogP contribution in [0.5, 0.6) is 0 Å². The Morgan fingerprint density at radius 1 is 1.00 bits per heavy atom. The molecule has 0 fully saturated rings. The van der Waals surface area contributed by atoms with E-state index in [1.165, 1.54) is 11.3 Å². The van der Waals surface area contributed by atoms with Gasteiger partial charge >= 0.3 is 0 Å². The first-order chi connectivity index (χ1) is 12.8. The van der Waals surface area contributed by atoms with E-state index < -0.39 is 11.2 Å². The summed E-state index contributed by atoms with van der Waals surface area (Å²) in [5.41, 5.74) is 2.21. The normalized spacial score (nSPS) is 12.4. The lowest BCUT2D eigenvalue weighted by Gasteiger charge is -2.05. The zero-order valence-electron chi connectivity index (χ0n) is 14.1. The molecule has 4 heterocycles. The molecule has 130 valence electrons. The van der Waals surface area contributed by atoms with Crippen LogP contribution in [0.4, 0.5) is 0 Å². The molecule has 5 nitrogen and oxygen atoms in total. The van der Waals surface area contributed by atoms with E-state index in [1.807, 2.05) is 49.4 Å². The first kappa shape index (κ1) is 17.1. The summed E-state index contributed by atoms with van der Waals surface area (Å²) in [6.45, 7) is 2.03. The standard InChI is InChI=1S/C19H16N4OS2/c1-2-11-26(24)16-12-13-17(14-7-3-5-9-20-14)22-18(23-19(13)25-16)15-8-4-6-10-21-15/h3-10,12H,2,11H2,1H3. The molecule has 4 rings (SSSR count). The maximum absolute atomic E-state index is 12.5. The Balaban J connectivity index is 1.93. The van der Waals surface area contributed by atoms with Crippen molar-refractivity contribution in [1.82, 2.24) is 19.9 Å². The highest BCUT2D eigenvalue weighted by Gasteiger charge is 2.20. The van der Waals surface area contributed by atoms with E-state index in [-0.39, 0.29) is 0 Å². The minimum Gasteiger partial charge on any atom is -0.611 e. The van der Waals surface area contributed by atoms with Gasteiger partial charge in [0, 0.05) is 23.8 Å². The zero-order chi connectivity index (χ0) is 17.9. The molecule has 4 aromatic heterocycles. The largest absolute Gasteiger partial charge is 0.611 e. The van der Waals surface area contributed by atoms with Gasteiger partial charge in [0.05, 0.1) is 5.69 Å². The Morgan fingerprint density at radius 2 is 1.73 bits per heavy atom. The van der Waals surface area contributed by atoms with Gasteiger partial charge in [0.2, 0.25) is 4.21 Å². The van der Waals surface area contributed by atoms with Crippen LogP contribution in [0.25, 0.3) is 33.1 Å². The molecule has 0 aromatic carbocycles. The highest BCUT2D eigenvalue weighted by molar-refractivity contribution is 7.93. The van der Waals surface area contributed by atoms with Gasteiger partial charge in [-0.1, -0.05) is 30.4 Å². The van der Waals surface area contributed by atoms with Crippen molar-refractivity contribution in [3.8, 4) is 22.9 Å². The van der Waals surface area contributed by atoms with Crippen LogP contribution in [0.3, 0.4) is 0 Å². The van der Waals surface area contributed by atoms with Gasteiger partial charge in [-0.15, -0.1) is 0 Å². The summed E-state index contributed by atoms with van der Waals surface area (Å²) in [4.78, 5) is 19.0. The summed E-state index contributed by atoms with van der Waals surface area (Å²) in [6.07, 6.45) is 4.34. The quantitative estimate of drug-likeness (QED) is 0.482. The van der Waals surface area contributed by atoms with Crippen molar-refractivity contribution < 1.29 is 4.55 Å². The van der Waals surface area contributed by atoms with Gasteiger partial charge in [-0.05, 0) is 41.9 Å². The van der Waals surface area contributed by atoms with Crippen molar-refractivity contribution >= 4 is 32.7 Å². The van der Waals surface area contributed by atoms with Crippen LogP contribution < -0.4 is 0 Å². The zero-order valence-corrected chi connectivity index (χ0v) is 15.8. The third kappa shape index (κ3) is 3.33. The second-order valence-electron chi connectivity index (χ2n) is 5.66. The van der Waals surface area contributed by atoms with E-state index in [0.29, 0.717) is 17.3 Å². The fourth-order valence-electron chi connectivity index (χ4n) is 2.61. The summed E-state index contributed by atoms with van der Waals surface area (Å²) >= 11 is 0.439. The molecule has 0 spiro atoms. The second kappa shape index (κ2) is 7.49. The van der Waals surface area contributed by atoms with Crippen molar-refractivity contribution in [3.05, 3.63) is 54.9 Å². The Labute approximate surface area is 158 Å². The Bertz CT molecular complexity index is 1020. The predicted octanol–water partition coefficient (Wildman–Crippen LogP) is 4.33. The maximum Gasteiger partial charge on any atom is 0.209 e. The van der Waals surface area contributed by atoms with Crippen LogP contribution in [-0.4, -0.2) is 30.2 Å². The molecule has 0 amide bonds. The van der Waals surface area contributed by atoms with Crippen LogP contribution >= 0.6 is 11.3 Å². The van der Waals surface area contributed by atoms with Crippen LogP contribution in [0.2, 0.25) is 0 Å². The number of thiophene rings is 1. The summed E-state index contributed by atoms with van der Waals surface area (Å²) in [5.74, 6) is 1.19. The third-order valence-electron chi connectivity index (χ3n) is 3.79. The van der Waals surface area contributed by atoms with Crippen LogP contribution in [0.15, 0.2) is 59.1 Å². The monoisotopic (exact) mass is 380 g/mol. The van der Waals surface area contributed by atoms with E-state index >= 15 is 0 Å². The van der Waals surface area contributed by atoms with Gasteiger partial charge in [0.15, 0.2) is 5.82 Å². The number of fused-ring (bicyclic) bond motifs is 1. The first-order valence-electron chi connectivity index (χ1n) is 8.29. The molecular formula is C19H16N4OS2. The molecule has 4 aromatic rings. The molecule has 1 unspecified atom stereocenters. The molecule has 0 saturated carbocycles. The van der Waals surface area contributed by atoms with Crippen LogP contribution in [-0.2, 0) is 11.2 Å². The highest BCUT2D eigenvalue weighted by atomic mass is 32.2. The fraction of sp³-hybridized carbons (Fsp3) is 0.158. The number of rotatable bonds is 5. The molecule has 0 radical (unpaired) electrons. The van der Waals surface area contributed by atoms with E-state index in [4.69, 9.17) is 4.98 Å². The van der Waals surface area contributed by atoms with E-state index in [2.05, 4.69) is 15.0 Å². The number of aromatic nitrogens is 4. The van der Waals surface area contributed by atoms with Crippen molar-refractivity contribution in [1.29, 1.82) is 0 Å². The summed E-state index contributed by atoms with van der Waals surface area (Å²) in [7, 11) is 0. The molecule has 0 aliphatic carbocycles. The molecule has 7 heteroatoms. The lowest BCUT2D eigenvalue weighted by Crippen LogP contribution is -2.03. The number of hydrogen-bond donors (Lipinski definition) is 0. The number of pyridine rings is 2. The van der Waals surface area contributed by atoms with Crippen molar-refractivity contribution in [2.24, 2.45) is 0 Å². The van der Waals surface area contributed by atoms with E-state index in [1.54, 1.807) is 12.4 Å². The van der Waals surface area contributed by atoms with Crippen molar-refractivity contribution in [2.75, 3.05) is 5.75 Å². The second-order valence-corrected chi connectivity index (χ2v) is 8.49. The van der Waals surface area contributed by atoms with Crippen molar-refractivity contribution in [3.63, 3.8) is 0 Å². The topological polar surface area (TPSA) is 74.6 Å². The minimum atomic E-state index is -1.02. The highest BCUT2D eigenvalue weighted by Crippen LogP contribution is 2.35. The molecule has 26 heavy (non-hydrogen) atoms. The Hall–Kier alpha value is -2.35. The summed E-state index contributed by atoms with van der Waals surface area (Å²) < 4.78 is 13.3. The summed E-state index contributed by atoms with van der Waals surface area (Å²) in [5, 5.41) is 0.882. The molecule has 1 atom stereocenters. The molecule has 0 bridgehead atoms. The smallest absolute Gasteiger partial charge is 0.209 e. The van der Waals surface area contributed by atoms with Gasteiger partial charge < -0.3 is 4.55 Å². The average molecular weight is 380 g/mol. The van der Waals surface area contributed by atoms with Gasteiger partial charge in [-0.2, -0.15) is 0 Å². The maximum atomic E-state index is 12.5. The molecular weight excluding hydrogens is 364 g/mol. The lowest BCUT2D eigenvalue weighted by molar-refractivity contribution is 0.595. The van der Waals surface area contributed by atoms with Gasteiger partial charge in [-0.25, -0.2) is 9.97 Å². The third-order valence-corrected chi connectivity index (χ3v) is 6.76.